The van der Waals surface area contributed by atoms with Gasteiger partial charge < -0.3 is 4.90 Å². The molecule has 0 amide bonds. The fourth-order valence-electron chi connectivity index (χ4n) is 1.30. The van der Waals surface area contributed by atoms with E-state index in [0.29, 0.717) is 18.7 Å². The van der Waals surface area contributed by atoms with Gasteiger partial charge in [-0.25, -0.2) is 4.98 Å². The smallest absolute Gasteiger partial charge is 0.168 e. The maximum Gasteiger partial charge on any atom is 0.168 e. The Bertz CT molecular complexity index is 370. The van der Waals surface area contributed by atoms with Crippen LogP contribution >= 0.6 is 0 Å². The van der Waals surface area contributed by atoms with Crippen LogP contribution in [0.3, 0.4) is 0 Å². The van der Waals surface area contributed by atoms with Crippen molar-refractivity contribution in [2.24, 2.45) is 0 Å². The Morgan fingerprint density at radius 3 is 3.00 bits per heavy atom. The minimum absolute atomic E-state index is 0.419. The van der Waals surface area contributed by atoms with Gasteiger partial charge in [0, 0.05) is 13.1 Å². The van der Waals surface area contributed by atoms with Gasteiger partial charge in [0.05, 0.1) is 12.5 Å². The summed E-state index contributed by atoms with van der Waals surface area (Å²) in [6.45, 7) is 3.41. The highest BCUT2D eigenvalue weighted by atomic mass is 16.1. The summed E-state index contributed by atoms with van der Waals surface area (Å²) in [5, 5.41) is 8.51. The van der Waals surface area contributed by atoms with Crippen LogP contribution < -0.4 is 4.90 Å². The Morgan fingerprint density at radius 2 is 2.40 bits per heavy atom. The number of aldehydes is 1. The van der Waals surface area contributed by atoms with E-state index in [2.05, 4.69) is 11.1 Å². The van der Waals surface area contributed by atoms with E-state index in [0.717, 1.165) is 18.6 Å². The predicted molar refractivity (Wildman–Crippen MR) is 57.7 cm³/mol. The number of carbonyl (C=O) groups excluding carboxylic acids is 1. The van der Waals surface area contributed by atoms with Crippen LogP contribution in [0.25, 0.3) is 0 Å². The molecule has 0 bridgehead atoms. The second-order valence-electron chi connectivity index (χ2n) is 3.03. The number of anilines is 1. The summed E-state index contributed by atoms with van der Waals surface area (Å²) < 4.78 is 0. The number of aromatic nitrogens is 1. The molecule has 1 aromatic heterocycles. The quantitative estimate of drug-likeness (QED) is 0.682. The summed E-state index contributed by atoms with van der Waals surface area (Å²) in [6, 6.07) is 7.39. The molecule has 1 heterocycles. The van der Waals surface area contributed by atoms with Crippen LogP contribution in [0.4, 0.5) is 5.82 Å². The molecule has 1 aromatic rings. The SMILES string of the molecule is CCN(CCC#N)c1cccc(C=O)n1. The normalized spacial score (nSPS) is 9.33. The highest BCUT2D eigenvalue weighted by Crippen LogP contribution is 2.10. The summed E-state index contributed by atoms with van der Waals surface area (Å²) in [5.74, 6) is 0.748. The van der Waals surface area contributed by atoms with Gasteiger partial charge in [-0.2, -0.15) is 5.26 Å². The third kappa shape index (κ3) is 3.06. The molecule has 0 fully saturated rings. The third-order valence-corrected chi connectivity index (χ3v) is 2.08. The number of carbonyl (C=O) groups is 1. The predicted octanol–water partition coefficient (Wildman–Crippen LogP) is 1.63. The number of rotatable bonds is 5. The molecule has 0 saturated heterocycles. The van der Waals surface area contributed by atoms with Crippen molar-refractivity contribution >= 4 is 12.1 Å². The molecule has 0 radical (unpaired) electrons. The Labute approximate surface area is 89.2 Å². The molecule has 0 atom stereocenters. The van der Waals surface area contributed by atoms with Crippen molar-refractivity contribution in [1.29, 1.82) is 5.26 Å². The van der Waals surface area contributed by atoms with Crippen LogP contribution in [0.1, 0.15) is 23.8 Å². The number of hydrogen-bond acceptors (Lipinski definition) is 4. The molecular weight excluding hydrogens is 190 g/mol. The van der Waals surface area contributed by atoms with E-state index in [9.17, 15) is 4.79 Å². The van der Waals surface area contributed by atoms with Crippen molar-refractivity contribution in [2.45, 2.75) is 13.3 Å². The molecule has 0 saturated carbocycles. The molecule has 4 heteroatoms. The van der Waals surface area contributed by atoms with E-state index in [4.69, 9.17) is 5.26 Å². The second kappa shape index (κ2) is 5.76. The number of nitrogens with zero attached hydrogens (tertiary/aromatic N) is 3. The minimum Gasteiger partial charge on any atom is -0.356 e. The first-order chi connectivity index (χ1) is 7.31. The average Bonchev–Trinajstić information content (AvgIpc) is 2.30. The molecule has 0 N–H and O–H groups in total. The highest BCUT2D eigenvalue weighted by molar-refractivity contribution is 5.72. The zero-order valence-electron chi connectivity index (χ0n) is 8.68. The van der Waals surface area contributed by atoms with Crippen LogP contribution in [0, 0.1) is 11.3 Å². The Kier molecular flexibility index (Phi) is 4.30. The molecule has 0 aromatic carbocycles. The van der Waals surface area contributed by atoms with Crippen molar-refractivity contribution in [3.8, 4) is 6.07 Å². The molecule has 1 rings (SSSR count). The summed E-state index contributed by atoms with van der Waals surface area (Å²) in [7, 11) is 0. The molecular formula is C11H13N3O. The first kappa shape index (κ1) is 11.2. The molecule has 0 aliphatic carbocycles. The van der Waals surface area contributed by atoms with E-state index in [1.807, 2.05) is 17.9 Å². The monoisotopic (exact) mass is 203 g/mol. The topological polar surface area (TPSA) is 57.0 Å². The minimum atomic E-state index is 0.419. The first-order valence-electron chi connectivity index (χ1n) is 4.86. The fraction of sp³-hybridized carbons (Fsp3) is 0.364. The van der Waals surface area contributed by atoms with Gasteiger partial charge in [0.1, 0.15) is 11.5 Å². The van der Waals surface area contributed by atoms with Crippen LogP contribution in [0.15, 0.2) is 18.2 Å². The lowest BCUT2D eigenvalue weighted by atomic mass is 10.3. The number of nitriles is 1. The van der Waals surface area contributed by atoms with Gasteiger partial charge in [-0.15, -0.1) is 0 Å². The highest BCUT2D eigenvalue weighted by Gasteiger charge is 2.05. The van der Waals surface area contributed by atoms with E-state index in [1.54, 1.807) is 12.1 Å². The van der Waals surface area contributed by atoms with Gasteiger partial charge in [0.2, 0.25) is 0 Å². The number of hydrogen-bond donors (Lipinski definition) is 0. The third-order valence-electron chi connectivity index (χ3n) is 2.08. The van der Waals surface area contributed by atoms with Crippen molar-refractivity contribution in [3.05, 3.63) is 23.9 Å². The van der Waals surface area contributed by atoms with Gasteiger partial charge in [0.25, 0.3) is 0 Å². The lowest BCUT2D eigenvalue weighted by Crippen LogP contribution is -2.24. The van der Waals surface area contributed by atoms with Gasteiger partial charge in [-0.3, -0.25) is 4.79 Å². The molecule has 0 aliphatic heterocycles. The zero-order chi connectivity index (χ0) is 11.1. The second-order valence-corrected chi connectivity index (χ2v) is 3.03. The van der Waals surface area contributed by atoms with Crippen LogP contribution in [0.5, 0.6) is 0 Å². The van der Waals surface area contributed by atoms with E-state index in [-0.39, 0.29) is 0 Å². The van der Waals surface area contributed by atoms with Crippen molar-refractivity contribution in [2.75, 3.05) is 18.0 Å². The average molecular weight is 203 g/mol. The largest absolute Gasteiger partial charge is 0.356 e. The van der Waals surface area contributed by atoms with Crippen LogP contribution in [-0.2, 0) is 0 Å². The van der Waals surface area contributed by atoms with E-state index in [1.165, 1.54) is 0 Å². The Hall–Kier alpha value is -1.89. The van der Waals surface area contributed by atoms with Gasteiger partial charge in [-0.05, 0) is 19.1 Å². The molecule has 0 aliphatic rings. The van der Waals surface area contributed by atoms with E-state index < -0.39 is 0 Å². The Morgan fingerprint density at radius 1 is 1.60 bits per heavy atom. The van der Waals surface area contributed by atoms with Crippen LogP contribution in [-0.4, -0.2) is 24.4 Å². The van der Waals surface area contributed by atoms with E-state index >= 15 is 0 Å². The van der Waals surface area contributed by atoms with Gasteiger partial charge >= 0.3 is 0 Å². The number of pyridine rings is 1. The summed E-state index contributed by atoms with van der Waals surface area (Å²) >= 11 is 0. The summed E-state index contributed by atoms with van der Waals surface area (Å²) in [5.41, 5.74) is 0.419. The fourth-order valence-corrected chi connectivity index (χ4v) is 1.30. The molecule has 15 heavy (non-hydrogen) atoms. The lowest BCUT2D eigenvalue weighted by Gasteiger charge is -2.20. The summed E-state index contributed by atoms with van der Waals surface area (Å²) in [4.78, 5) is 16.7. The molecule has 4 nitrogen and oxygen atoms in total. The van der Waals surface area contributed by atoms with Crippen molar-refractivity contribution < 1.29 is 4.79 Å². The van der Waals surface area contributed by atoms with Crippen molar-refractivity contribution in [3.63, 3.8) is 0 Å². The lowest BCUT2D eigenvalue weighted by molar-refractivity contribution is 0.111. The van der Waals surface area contributed by atoms with Crippen LogP contribution in [0.2, 0.25) is 0 Å². The molecule has 0 unspecified atom stereocenters. The maximum absolute atomic E-state index is 10.6. The Balaban J connectivity index is 2.82. The van der Waals surface area contributed by atoms with Crippen molar-refractivity contribution in [1.82, 2.24) is 4.98 Å². The molecule has 78 valence electrons. The standard InChI is InChI=1S/C11H13N3O/c1-2-14(8-4-7-12)11-6-3-5-10(9-15)13-11/h3,5-6,9H,2,4,8H2,1H3. The molecule has 0 spiro atoms. The van der Waals surface area contributed by atoms with Gasteiger partial charge in [-0.1, -0.05) is 6.07 Å². The maximum atomic E-state index is 10.6. The zero-order valence-corrected chi connectivity index (χ0v) is 8.68. The van der Waals surface area contributed by atoms with Gasteiger partial charge in [0.15, 0.2) is 6.29 Å². The summed E-state index contributed by atoms with van der Waals surface area (Å²) in [6.07, 6.45) is 1.18. The first-order valence-corrected chi connectivity index (χ1v) is 4.86.